The summed E-state index contributed by atoms with van der Waals surface area (Å²) < 4.78 is 26.2. The van der Waals surface area contributed by atoms with Gasteiger partial charge < -0.3 is 10.2 Å². The lowest BCUT2D eigenvalue weighted by atomic mass is 10.1. The first-order chi connectivity index (χ1) is 16.2. The number of aryl methyl sites for hydroxylation is 1. The smallest absolute Gasteiger partial charge is 0.244 e. The van der Waals surface area contributed by atoms with Crippen LogP contribution in [0.5, 0.6) is 0 Å². The van der Waals surface area contributed by atoms with Crippen LogP contribution in [0.4, 0.5) is 5.69 Å². The van der Waals surface area contributed by atoms with Gasteiger partial charge in [0.2, 0.25) is 21.8 Å². The molecular formula is C24H30Cl3N3O4S. The number of carbonyl (C=O) groups excluding carboxylic acids is 2. The number of rotatable bonds is 10. The lowest BCUT2D eigenvalue weighted by molar-refractivity contribution is -0.139. The van der Waals surface area contributed by atoms with Gasteiger partial charge >= 0.3 is 0 Å². The van der Waals surface area contributed by atoms with Gasteiger partial charge in [-0.05, 0) is 62.6 Å². The molecule has 0 saturated heterocycles. The number of amides is 2. The highest BCUT2D eigenvalue weighted by Crippen LogP contribution is 2.26. The number of halogens is 3. The Morgan fingerprint density at radius 3 is 2.23 bits per heavy atom. The molecule has 0 spiro atoms. The fourth-order valence-corrected chi connectivity index (χ4v) is 4.72. The summed E-state index contributed by atoms with van der Waals surface area (Å²) in [5.41, 5.74) is 1.58. The molecule has 0 radical (unpaired) electrons. The van der Waals surface area contributed by atoms with Gasteiger partial charge in [0.15, 0.2) is 0 Å². The van der Waals surface area contributed by atoms with Crippen molar-refractivity contribution in [3.05, 3.63) is 62.6 Å². The average Bonchev–Trinajstić information content (AvgIpc) is 2.77. The molecule has 1 N–H and O–H groups in total. The molecular weight excluding hydrogens is 533 g/mol. The van der Waals surface area contributed by atoms with Gasteiger partial charge in [-0.3, -0.25) is 13.9 Å². The molecule has 11 heteroatoms. The van der Waals surface area contributed by atoms with Crippen LogP contribution in [0.25, 0.3) is 0 Å². The molecule has 0 unspecified atom stereocenters. The molecule has 2 rings (SSSR count). The van der Waals surface area contributed by atoms with Crippen molar-refractivity contribution >= 4 is 62.3 Å². The molecule has 0 aliphatic carbocycles. The van der Waals surface area contributed by atoms with Gasteiger partial charge in [0.1, 0.15) is 12.6 Å². The van der Waals surface area contributed by atoms with Crippen LogP contribution in [-0.4, -0.2) is 50.0 Å². The molecule has 0 heterocycles. The Morgan fingerprint density at radius 2 is 1.69 bits per heavy atom. The second kappa shape index (κ2) is 12.3. The fraction of sp³-hybridized carbons (Fsp3) is 0.417. The van der Waals surface area contributed by atoms with Crippen LogP contribution in [-0.2, 0) is 26.2 Å². The van der Waals surface area contributed by atoms with Gasteiger partial charge in [0, 0.05) is 27.7 Å². The molecule has 0 aliphatic rings. The van der Waals surface area contributed by atoms with Crippen LogP contribution >= 0.6 is 34.8 Å². The molecule has 2 aromatic rings. The van der Waals surface area contributed by atoms with Gasteiger partial charge in [-0.2, -0.15) is 0 Å². The number of hydrogen-bond donors (Lipinski definition) is 1. The molecule has 7 nitrogen and oxygen atoms in total. The lowest BCUT2D eigenvalue weighted by Gasteiger charge is -2.32. The third-order valence-electron chi connectivity index (χ3n) is 5.65. The predicted octanol–water partition coefficient (Wildman–Crippen LogP) is 5.05. The molecule has 2 amide bonds. The molecule has 2 atom stereocenters. The summed E-state index contributed by atoms with van der Waals surface area (Å²) in [5, 5.41) is 4.00. The standard InChI is InChI=1S/C24H30Cl3N3O4S/c1-6-16(3)28-24(32)17(4)29(13-18-8-9-19(25)11-22(18)27)23(31)14-30(35(5,33)34)20-10-7-15(2)21(26)12-20/h7-12,16-17H,6,13-14H2,1-5H3,(H,28,32)/t16-,17-/m0/s1. The Labute approximate surface area is 222 Å². The third-order valence-corrected chi connectivity index (χ3v) is 7.78. The van der Waals surface area contributed by atoms with Crippen LogP contribution in [0.2, 0.25) is 15.1 Å². The number of carbonyl (C=O) groups is 2. The van der Waals surface area contributed by atoms with Crippen molar-refractivity contribution in [3.8, 4) is 0 Å². The fourth-order valence-electron chi connectivity index (χ4n) is 3.23. The highest BCUT2D eigenvalue weighted by atomic mass is 35.5. The van der Waals surface area contributed by atoms with E-state index in [9.17, 15) is 18.0 Å². The first-order valence-corrected chi connectivity index (χ1v) is 14.0. The molecule has 35 heavy (non-hydrogen) atoms. The van der Waals surface area contributed by atoms with E-state index < -0.39 is 28.5 Å². The summed E-state index contributed by atoms with van der Waals surface area (Å²) in [6.07, 6.45) is 1.72. The maximum absolute atomic E-state index is 13.5. The lowest BCUT2D eigenvalue weighted by Crippen LogP contribution is -2.52. The Bertz CT molecular complexity index is 1190. The number of sulfonamides is 1. The van der Waals surface area contributed by atoms with Crippen LogP contribution in [0.3, 0.4) is 0 Å². The van der Waals surface area contributed by atoms with Gasteiger partial charge in [-0.25, -0.2) is 8.42 Å². The molecule has 0 aliphatic heterocycles. The maximum Gasteiger partial charge on any atom is 0.244 e. The second-order valence-electron chi connectivity index (χ2n) is 8.45. The third kappa shape index (κ3) is 8.00. The summed E-state index contributed by atoms with van der Waals surface area (Å²) in [6, 6.07) is 8.59. The highest BCUT2D eigenvalue weighted by molar-refractivity contribution is 7.92. The van der Waals surface area contributed by atoms with E-state index in [4.69, 9.17) is 34.8 Å². The average molecular weight is 563 g/mol. The molecule has 2 aromatic carbocycles. The van der Waals surface area contributed by atoms with Gasteiger partial charge in [0.25, 0.3) is 0 Å². The van der Waals surface area contributed by atoms with E-state index in [-0.39, 0.29) is 24.2 Å². The molecule has 0 aromatic heterocycles. The first-order valence-electron chi connectivity index (χ1n) is 11.0. The Kier molecular flexibility index (Phi) is 10.3. The van der Waals surface area contributed by atoms with E-state index in [1.165, 1.54) is 11.0 Å². The number of anilines is 1. The minimum Gasteiger partial charge on any atom is -0.352 e. The van der Waals surface area contributed by atoms with E-state index in [1.807, 2.05) is 13.8 Å². The Balaban J connectivity index is 2.44. The van der Waals surface area contributed by atoms with Crippen molar-refractivity contribution in [2.24, 2.45) is 0 Å². The van der Waals surface area contributed by atoms with Crippen molar-refractivity contribution in [1.82, 2.24) is 10.2 Å². The number of hydrogen-bond acceptors (Lipinski definition) is 4. The van der Waals surface area contributed by atoms with Gasteiger partial charge in [-0.1, -0.05) is 53.9 Å². The molecule has 0 saturated carbocycles. The second-order valence-corrected chi connectivity index (χ2v) is 11.6. The predicted molar refractivity (Wildman–Crippen MR) is 143 cm³/mol. The SMILES string of the molecule is CC[C@H](C)NC(=O)[C@H](C)N(Cc1ccc(Cl)cc1Cl)C(=O)CN(c1ccc(C)c(Cl)c1)S(C)(=O)=O. The van der Waals surface area contributed by atoms with Crippen molar-refractivity contribution < 1.29 is 18.0 Å². The molecule has 0 bridgehead atoms. The highest BCUT2D eigenvalue weighted by Gasteiger charge is 2.31. The van der Waals surface area contributed by atoms with Crippen LogP contribution in [0, 0.1) is 6.92 Å². The molecule has 0 fully saturated rings. The zero-order chi connectivity index (χ0) is 26.5. The van der Waals surface area contributed by atoms with E-state index in [1.54, 1.807) is 44.2 Å². The van der Waals surface area contributed by atoms with Gasteiger partial charge in [0.05, 0.1) is 11.9 Å². The monoisotopic (exact) mass is 561 g/mol. The normalized spacial score (nSPS) is 13.1. The number of benzene rings is 2. The van der Waals surface area contributed by atoms with E-state index in [2.05, 4.69) is 5.32 Å². The quantitative estimate of drug-likeness (QED) is 0.439. The minimum absolute atomic E-state index is 0.0177. The van der Waals surface area contributed by atoms with Crippen molar-refractivity contribution in [3.63, 3.8) is 0 Å². The minimum atomic E-state index is -3.85. The summed E-state index contributed by atoms with van der Waals surface area (Å²) in [7, 11) is -3.85. The summed E-state index contributed by atoms with van der Waals surface area (Å²) >= 11 is 18.5. The van der Waals surface area contributed by atoms with E-state index in [0.717, 1.165) is 16.1 Å². The van der Waals surface area contributed by atoms with Crippen molar-refractivity contribution in [2.75, 3.05) is 17.1 Å². The van der Waals surface area contributed by atoms with Crippen LogP contribution in [0.15, 0.2) is 36.4 Å². The zero-order valence-electron chi connectivity index (χ0n) is 20.3. The summed E-state index contributed by atoms with van der Waals surface area (Å²) in [4.78, 5) is 27.8. The van der Waals surface area contributed by atoms with Crippen LogP contribution < -0.4 is 9.62 Å². The Hall–Kier alpha value is -2.00. The maximum atomic E-state index is 13.5. The van der Waals surface area contributed by atoms with Crippen molar-refractivity contribution in [2.45, 2.75) is 52.7 Å². The molecule has 192 valence electrons. The van der Waals surface area contributed by atoms with Crippen LogP contribution in [0.1, 0.15) is 38.3 Å². The Morgan fingerprint density at radius 1 is 1.03 bits per heavy atom. The number of nitrogens with zero attached hydrogens (tertiary/aromatic N) is 2. The topological polar surface area (TPSA) is 86.8 Å². The summed E-state index contributed by atoms with van der Waals surface area (Å²) in [6.45, 7) is 6.63. The van der Waals surface area contributed by atoms with E-state index in [0.29, 0.717) is 27.1 Å². The zero-order valence-corrected chi connectivity index (χ0v) is 23.4. The van der Waals surface area contributed by atoms with Gasteiger partial charge in [-0.15, -0.1) is 0 Å². The van der Waals surface area contributed by atoms with E-state index >= 15 is 0 Å². The number of nitrogens with one attached hydrogen (secondary N) is 1. The van der Waals surface area contributed by atoms with Crippen molar-refractivity contribution in [1.29, 1.82) is 0 Å². The summed E-state index contributed by atoms with van der Waals surface area (Å²) in [5.74, 6) is -0.938. The largest absolute Gasteiger partial charge is 0.352 e. The first kappa shape index (κ1) is 29.2.